The number of aryl methyl sites for hydroxylation is 1. The Balaban J connectivity index is 2.79. The number of allylic oxidation sites excluding steroid dienone is 1. The van der Waals surface area contributed by atoms with Crippen LogP contribution >= 0.6 is 0 Å². The van der Waals surface area contributed by atoms with Crippen LogP contribution in [0.5, 0.6) is 0 Å². The molecule has 1 heterocycles. The first-order valence-corrected chi connectivity index (χ1v) is 7.53. The Kier molecular flexibility index (Phi) is 5.00. The molecule has 0 fully saturated rings. The van der Waals surface area contributed by atoms with Crippen LogP contribution in [0.4, 0.5) is 5.82 Å². The predicted octanol–water partition coefficient (Wildman–Crippen LogP) is 2.95. The SMILES string of the molecule is C=C(C)C(=O)c1c(N(NC)NC)[nH]c2cccc(CCC)c12. The van der Waals surface area contributed by atoms with Crippen molar-refractivity contribution in [1.82, 2.24) is 15.8 Å². The molecule has 2 rings (SSSR count). The lowest BCUT2D eigenvalue weighted by Crippen LogP contribution is -2.45. The molecular weight excluding hydrogens is 276 g/mol. The maximum Gasteiger partial charge on any atom is 0.192 e. The summed E-state index contributed by atoms with van der Waals surface area (Å²) in [5, 5.41) is 2.69. The van der Waals surface area contributed by atoms with Crippen molar-refractivity contribution in [3.05, 3.63) is 41.5 Å². The lowest BCUT2D eigenvalue weighted by atomic mass is 9.98. The summed E-state index contributed by atoms with van der Waals surface area (Å²) in [7, 11) is 3.59. The van der Waals surface area contributed by atoms with E-state index in [2.05, 4.69) is 35.4 Å². The fourth-order valence-electron chi connectivity index (χ4n) is 2.72. The third-order valence-electron chi connectivity index (χ3n) is 3.70. The zero-order chi connectivity index (χ0) is 16.3. The standard InChI is InChI=1S/C17H24N4O/c1-6-8-12-9-7-10-13-14(12)15(16(22)11(2)3)17(20-13)21(18-4)19-5/h7,9-10,18-20H,2,6,8H2,1,3-5H3. The number of nitrogens with zero attached hydrogens (tertiary/aromatic N) is 1. The van der Waals surface area contributed by atoms with E-state index < -0.39 is 0 Å². The maximum atomic E-state index is 12.7. The number of H-pyrrole nitrogens is 1. The molecule has 22 heavy (non-hydrogen) atoms. The van der Waals surface area contributed by atoms with E-state index >= 15 is 0 Å². The van der Waals surface area contributed by atoms with Gasteiger partial charge in [0.2, 0.25) is 0 Å². The van der Waals surface area contributed by atoms with E-state index in [4.69, 9.17) is 0 Å². The quantitative estimate of drug-likeness (QED) is 0.418. The van der Waals surface area contributed by atoms with E-state index in [9.17, 15) is 4.79 Å². The first-order chi connectivity index (χ1) is 10.5. The lowest BCUT2D eigenvalue weighted by Gasteiger charge is -2.21. The normalized spacial score (nSPS) is 10.9. The zero-order valence-electron chi connectivity index (χ0n) is 13.7. The average molecular weight is 300 g/mol. The fourth-order valence-corrected chi connectivity index (χ4v) is 2.72. The molecule has 2 aromatic rings. The number of carbonyl (C=O) groups excluding carboxylic acids is 1. The molecule has 0 bridgehead atoms. The summed E-state index contributed by atoms with van der Waals surface area (Å²) in [5.74, 6) is 0.664. The number of aromatic amines is 1. The van der Waals surface area contributed by atoms with Crippen LogP contribution in [0.2, 0.25) is 0 Å². The smallest absolute Gasteiger partial charge is 0.192 e. The van der Waals surface area contributed by atoms with E-state index in [1.54, 1.807) is 26.1 Å². The third-order valence-corrected chi connectivity index (χ3v) is 3.70. The Morgan fingerprint density at radius 3 is 2.55 bits per heavy atom. The summed E-state index contributed by atoms with van der Waals surface area (Å²) in [4.78, 5) is 16.1. The number of hydrazine groups is 2. The number of hydrogen-bond acceptors (Lipinski definition) is 4. The molecule has 0 saturated carbocycles. The van der Waals surface area contributed by atoms with E-state index in [1.165, 1.54) is 5.56 Å². The van der Waals surface area contributed by atoms with Gasteiger partial charge in [-0.25, -0.2) is 16.0 Å². The van der Waals surface area contributed by atoms with Gasteiger partial charge in [-0.05, 0) is 30.5 Å². The van der Waals surface area contributed by atoms with Crippen molar-refractivity contribution in [3.63, 3.8) is 0 Å². The molecule has 0 saturated heterocycles. The van der Waals surface area contributed by atoms with Crippen LogP contribution in [0.25, 0.3) is 10.9 Å². The van der Waals surface area contributed by atoms with Gasteiger partial charge in [-0.1, -0.05) is 32.1 Å². The summed E-state index contributed by atoms with van der Waals surface area (Å²) in [5.41, 5.74) is 9.38. The van der Waals surface area contributed by atoms with Crippen LogP contribution in [0.1, 0.15) is 36.2 Å². The topological polar surface area (TPSA) is 60.2 Å². The first kappa shape index (κ1) is 16.3. The molecule has 3 N–H and O–H groups in total. The predicted molar refractivity (Wildman–Crippen MR) is 92.0 cm³/mol. The number of benzene rings is 1. The third kappa shape index (κ3) is 2.77. The summed E-state index contributed by atoms with van der Waals surface area (Å²) in [6.07, 6.45) is 1.96. The Hall–Kier alpha value is -2.11. The van der Waals surface area contributed by atoms with E-state index in [0.717, 1.165) is 23.7 Å². The maximum absolute atomic E-state index is 12.7. The minimum absolute atomic E-state index is 0.0414. The van der Waals surface area contributed by atoms with Crippen LogP contribution in [-0.4, -0.2) is 24.9 Å². The molecule has 0 aliphatic heterocycles. The Labute approximate surface area is 131 Å². The van der Waals surface area contributed by atoms with Gasteiger partial charge in [0.1, 0.15) is 5.82 Å². The monoisotopic (exact) mass is 300 g/mol. The number of anilines is 1. The van der Waals surface area contributed by atoms with Gasteiger partial charge in [-0.3, -0.25) is 4.79 Å². The molecule has 118 valence electrons. The van der Waals surface area contributed by atoms with E-state index in [-0.39, 0.29) is 5.78 Å². The fraction of sp³-hybridized carbons (Fsp3) is 0.353. The second-order valence-corrected chi connectivity index (χ2v) is 5.33. The molecule has 1 aromatic carbocycles. The molecule has 5 heteroatoms. The number of ketones is 1. The number of carbonyl (C=O) groups is 1. The molecule has 0 spiro atoms. The van der Waals surface area contributed by atoms with Crippen molar-refractivity contribution >= 4 is 22.5 Å². The molecule has 0 unspecified atom stereocenters. The van der Waals surface area contributed by atoms with E-state index in [1.807, 2.05) is 12.1 Å². The number of fused-ring (bicyclic) bond motifs is 1. The summed E-state index contributed by atoms with van der Waals surface area (Å²) in [6.45, 7) is 7.71. The van der Waals surface area contributed by atoms with Gasteiger partial charge in [-0.15, -0.1) is 0 Å². The van der Waals surface area contributed by atoms with Crippen molar-refractivity contribution in [1.29, 1.82) is 0 Å². The Bertz CT molecular complexity index is 698. The average Bonchev–Trinajstić information content (AvgIpc) is 2.88. The van der Waals surface area contributed by atoms with Crippen molar-refractivity contribution in [2.75, 3.05) is 19.2 Å². The van der Waals surface area contributed by atoms with Crippen molar-refractivity contribution in [2.24, 2.45) is 0 Å². The lowest BCUT2D eigenvalue weighted by molar-refractivity contribution is 0.103. The minimum atomic E-state index is -0.0414. The number of hydrogen-bond donors (Lipinski definition) is 3. The molecule has 5 nitrogen and oxygen atoms in total. The van der Waals surface area contributed by atoms with Crippen LogP contribution in [0, 0.1) is 0 Å². The highest BCUT2D eigenvalue weighted by atomic mass is 16.1. The van der Waals surface area contributed by atoms with Crippen molar-refractivity contribution in [2.45, 2.75) is 26.7 Å². The molecular formula is C17H24N4O. The number of nitrogens with one attached hydrogen (secondary N) is 3. The number of aromatic nitrogens is 1. The molecule has 0 amide bonds. The number of rotatable bonds is 7. The Morgan fingerprint density at radius 2 is 2.00 bits per heavy atom. The zero-order valence-corrected chi connectivity index (χ0v) is 13.7. The Morgan fingerprint density at radius 1 is 1.32 bits per heavy atom. The van der Waals surface area contributed by atoms with Gasteiger partial charge in [-0.2, -0.15) is 0 Å². The van der Waals surface area contributed by atoms with Gasteiger partial charge in [0.25, 0.3) is 0 Å². The minimum Gasteiger partial charge on any atom is -0.339 e. The largest absolute Gasteiger partial charge is 0.339 e. The van der Waals surface area contributed by atoms with E-state index in [0.29, 0.717) is 17.0 Å². The summed E-state index contributed by atoms with van der Waals surface area (Å²) < 4.78 is 0. The van der Waals surface area contributed by atoms with Gasteiger partial charge in [0, 0.05) is 25.0 Å². The van der Waals surface area contributed by atoms with Gasteiger partial charge < -0.3 is 4.98 Å². The van der Waals surface area contributed by atoms with Crippen LogP contribution < -0.4 is 16.0 Å². The van der Waals surface area contributed by atoms with Gasteiger partial charge in [0.15, 0.2) is 5.78 Å². The highest BCUT2D eigenvalue weighted by Gasteiger charge is 2.23. The molecule has 0 aliphatic carbocycles. The first-order valence-electron chi connectivity index (χ1n) is 7.53. The number of Topliss-reactive ketones (excluding diaryl/α,β-unsaturated/α-hetero) is 1. The van der Waals surface area contributed by atoms with Crippen LogP contribution in [-0.2, 0) is 6.42 Å². The molecule has 1 aromatic heterocycles. The highest BCUT2D eigenvalue weighted by Crippen LogP contribution is 2.32. The molecule has 0 atom stereocenters. The highest BCUT2D eigenvalue weighted by molar-refractivity contribution is 6.20. The second kappa shape index (κ2) is 6.77. The summed E-state index contributed by atoms with van der Waals surface area (Å²) in [6, 6.07) is 6.10. The van der Waals surface area contributed by atoms with Gasteiger partial charge in [0.05, 0.1) is 5.56 Å². The van der Waals surface area contributed by atoms with Crippen molar-refractivity contribution < 1.29 is 4.79 Å². The van der Waals surface area contributed by atoms with Crippen molar-refractivity contribution in [3.8, 4) is 0 Å². The molecule has 0 aliphatic rings. The van der Waals surface area contributed by atoms with Gasteiger partial charge >= 0.3 is 0 Å². The summed E-state index contributed by atoms with van der Waals surface area (Å²) >= 11 is 0. The molecule has 0 radical (unpaired) electrons. The second-order valence-electron chi connectivity index (χ2n) is 5.33. The van der Waals surface area contributed by atoms with Crippen LogP contribution in [0.3, 0.4) is 0 Å². The van der Waals surface area contributed by atoms with Crippen LogP contribution in [0.15, 0.2) is 30.4 Å².